The summed E-state index contributed by atoms with van der Waals surface area (Å²) in [7, 11) is 1.72. The van der Waals surface area contributed by atoms with Gasteiger partial charge in [0, 0.05) is 11.5 Å². The van der Waals surface area contributed by atoms with Gasteiger partial charge in [-0.25, -0.2) is 0 Å². The van der Waals surface area contributed by atoms with Crippen LogP contribution in [-0.2, 0) is 4.79 Å². The molecule has 1 rings (SSSR count). The Morgan fingerprint density at radius 2 is 2.09 bits per heavy atom. The molecule has 11 heavy (non-hydrogen) atoms. The van der Waals surface area contributed by atoms with Crippen LogP contribution in [0.3, 0.4) is 0 Å². The lowest BCUT2D eigenvalue weighted by Gasteiger charge is -2.11. The second kappa shape index (κ2) is 3.53. The molecule has 0 saturated heterocycles. The summed E-state index contributed by atoms with van der Waals surface area (Å²) in [5.74, 6) is 0. The average molecular weight is 214 g/mol. The first-order chi connectivity index (χ1) is 5.25. The van der Waals surface area contributed by atoms with Crippen molar-refractivity contribution in [3.63, 3.8) is 0 Å². The molecule has 0 N–H and O–H groups in total. The summed E-state index contributed by atoms with van der Waals surface area (Å²) < 4.78 is 0.926. The highest BCUT2D eigenvalue weighted by Gasteiger charge is 2.01. The van der Waals surface area contributed by atoms with E-state index >= 15 is 0 Å². The van der Waals surface area contributed by atoms with Crippen LogP contribution in [0.25, 0.3) is 0 Å². The number of halogens is 1. The van der Waals surface area contributed by atoms with E-state index in [1.807, 2.05) is 24.3 Å². The molecule has 0 fully saturated rings. The summed E-state index contributed by atoms with van der Waals surface area (Å²) in [6, 6.07) is 7.57. The van der Waals surface area contributed by atoms with Gasteiger partial charge in [-0.2, -0.15) is 0 Å². The third-order valence-electron chi connectivity index (χ3n) is 1.39. The first-order valence-corrected chi connectivity index (χ1v) is 3.97. The first-order valence-electron chi connectivity index (χ1n) is 3.18. The Kier molecular flexibility index (Phi) is 2.65. The van der Waals surface area contributed by atoms with Crippen molar-refractivity contribution in [2.45, 2.75) is 0 Å². The minimum absolute atomic E-state index is 0.778. The molecule has 3 heteroatoms. The van der Waals surface area contributed by atoms with Gasteiger partial charge in [0.25, 0.3) is 0 Å². The summed E-state index contributed by atoms with van der Waals surface area (Å²) in [5, 5.41) is 0. The van der Waals surface area contributed by atoms with Gasteiger partial charge in [0.15, 0.2) is 0 Å². The number of carbonyl (C=O) groups excluding carboxylic acids is 1. The van der Waals surface area contributed by atoms with E-state index in [0.29, 0.717) is 0 Å². The van der Waals surface area contributed by atoms with Crippen LogP contribution in [0.2, 0.25) is 0 Å². The highest BCUT2D eigenvalue weighted by Crippen LogP contribution is 2.23. The highest BCUT2D eigenvalue weighted by molar-refractivity contribution is 9.10. The molecule has 0 aromatic heterocycles. The van der Waals surface area contributed by atoms with E-state index in [4.69, 9.17) is 0 Å². The van der Waals surface area contributed by atoms with Gasteiger partial charge in [-0.15, -0.1) is 0 Å². The van der Waals surface area contributed by atoms with Crippen LogP contribution >= 0.6 is 15.9 Å². The SMILES string of the molecule is CN(C=O)c1ccccc1Br. The molecule has 0 aliphatic rings. The minimum Gasteiger partial charge on any atom is -0.317 e. The predicted molar refractivity (Wildman–Crippen MR) is 48.6 cm³/mol. The van der Waals surface area contributed by atoms with E-state index in [0.717, 1.165) is 16.6 Å². The summed E-state index contributed by atoms with van der Waals surface area (Å²) in [6.07, 6.45) is 0.778. The van der Waals surface area contributed by atoms with Gasteiger partial charge >= 0.3 is 0 Å². The topological polar surface area (TPSA) is 20.3 Å². The van der Waals surface area contributed by atoms with Crippen molar-refractivity contribution in [2.75, 3.05) is 11.9 Å². The Hall–Kier alpha value is -0.830. The molecule has 2 nitrogen and oxygen atoms in total. The summed E-state index contributed by atoms with van der Waals surface area (Å²) in [6.45, 7) is 0. The highest BCUT2D eigenvalue weighted by atomic mass is 79.9. The molecular weight excluding hydrogens is 206 g/mol. The lowest BCUT2D eigenvalue weighted by molar-refractivity contribution is -0.107. The zero-order chi connectivity index (χ0) is 8.27. The van der Waals surface area contributed by atoms with E-state index in [1.54, 1.807) is 7.05 Å². The fourth-order valence-electron chi connectivity index (χ4n) is 0.795. The quantitative estimate of drug-likeness (QED) is 0.690. The molecule has 0 saturated carbocycles. The van der Waals surface area contributed by atoms with Crippen molar-refractivity contribution in [1.82, 2.24) is 0 Å². The number of benzene rings is 1. The molecule has 0 bridgehead atoms. The smallest absolute Gasteiger partial charge is 0.213 e. The lowest BCUT2D eigenvalue weighted by atomic mass is 10.3. The van der Waals surface area contributed by atoms with Crippen LogP contribution in [0.1, 0.15) is 0 Å². The van der Waals surface area contributed by atoms with E-state index in [2.05, 4.69) is 15.9 Å². The molecule has 1 amide bonds. The van der Waals surface area contributed by atoms with E-state index < -0.39 is 0 Å². The number of anilines is 1. The standard InChI is InChI=1S/C8H8BrNO/c1-10(6-11)8-5-3-2-4-7(8)9/h2-6H,1H3. The van der Waals surface area contributed by atoms with Crippen molar-refractivity contribution >= 4 is 28.0 Å². The molecular formula is C8H8BrNO. The van der Waals surface area contributed by atoms with Gasteiger partial charge in [0.1, 0.15) is 0 Å². The Balaban J connectivity index is 3.02. The average Bonchev–Trinajstić information content (AvgIpc) is 2.04. The number of rotatable bonds is 2. The van der Waals surface area contributed by atoms with Crippen molar-refractivity contribution in [2.24, 2.45) is 0 Å². The van der Waals surface area contributed by atoms with Crippen LogP contribution in [-0.4, -0.2) is 13.5 Å². The van der Waals surface area contributed by atoms with Crippen molar-refractivity contribution in [3.05, 3.63) is 28.7 Å². The van der Waals surface area contributed by atoms with Gasteiger partial charge < -0.3 is 4.90 Å². The van der Waals surface area contributed by atoms with Crippen LogP contribution in [0.5, 0.6) is 0 Å². The maximum atomic E-state index is 10.4. The summed E-state index contributed by atoms with van der Waals surface area (Å²) >= 11 is 3.34. The molecule has 0 spiro atoms. The fourth-order valence-corrected chi connectivity index (χ4v) is 1.36. The molecule has 0 atom stereocenters. The Morgan fingerprint density at radius 1 is 1.45 bits per heavy atom. The second-order valence-corrected chi connectivity index (χ2v) is 3.02. The molecule has 0 unspecified atom stereocenters. The lowest BCUT2D eigenvalue weighted by Crippen LogP contribution is -2.13. The Bertz CT molecular complexity index is 262. The van der Waals surface area contributed by atoms with Crippen molar-refractivity contribution < 1.29 is 4.79 Å². The zero-order valence-electron chi connectivity index (χ0n) is 6.12. The fraction of sp³-hybridized carbons (Fsp3) is 0.125. The molecule has 0 aliphatic heterocycles. The van der Waals surface area contributed by atoms with E-state index in [-0.39, 0.29) is 0 Å². The predicted octanol–water partition coefficient (Wildman–Crippen LogP) is 2.04. The van der Waals surface area contributed by atoms with Crippen molar-refractivity contribution in [3.8, 4) is 0 Å². The number of hydrogen-bond acceptors (Lipinski definition) is 1. The van der Waals surface area contributed by atoms with Gasteiger partial charge in [-0.05, 0) is 28.1 Å². The monoisotopic (exact) mass is 213 g/mol. The van der Waals surface area contributed by atoms with Gasteiger partial charge in [0.2, 0.25) is 6.41 Å². The maximum absolute atomic E-state index is 10.4. The van der Waals surface area contributed by atoms with Crippen LogP contribution < -0.4 is 4.90 Å². The zero-order valence-corrected chi connectivity index (χ0v) is 7.71. The third-order valence-corrected chi connectivity index (χ3v) is 2.06. The van der Waals surface area contributed by atoms with E-state index in [1.165, 1.54) is 4.90 Å². The molecule has 58 valence electrons. The molecule has 1 aromatic carbocycles. The normalized spacial score (nSPS) is 9.27. The van der Waals surface area contributed by atoms with Crippen LogP contribution in [0.15, 0.2) is 28.7 Å². The molecule has 0 aliphatic carbocycles. The third kappa shape index (κ3) is 1.80. The number of nitrogens with zero attached hydrogens (tertiary/aromatic N) is 1. The minimum atomic E-state index is 0.778. The second-order valence-electron chi connectivity index (χ2n) is 2.17. The Morgan fingerprint density at radius 3 is 2.64 bits per heavy atom. The summed E-state index contributed by atoms with van der Waals surface area (Å²) in [5.41, 5.74) is 0.877. The Labute approximate surface area is 74.0 Å². The van der Waals surface area contributed by atoms with Gasteiger partial charge in [0.05, 0.1) is 5.69 Å². The number of carbonyl (C=O) groups is 1. The molecule has 1 aromatic rings. The van der Waals surface area contributed by atoms with E-state index in [9.17, 15) is 4.79 Å². The number of para-hydroxylation sites is 1. The van der Waals surface area contributed by atoms with Gasteiger partial charge in [-0.1, -0.05) is 12.1 Å². The van der Waals surface area contributed by atoms with Crippen molar-refractivity contribution in [1.29, 1.82) is 0 Å². The maximum Gasteiger partial charge on any atom is 0.213 e. The molecule has 0 heterocycles. The van der Waals surface area contributed by atoms with Crippen LogP contribution in [0.4, 0.5) is 5.69 Å². The van der Waals surface area contributed by atoms with Gasteiger partial charge in [-0.3, -0.25) is 4.79 Å². The first kappa shape index (κ1) is 8.27. The largest absolute Gasteiger partial charge is 0.317 e. The number of amides is 1. The number of hydrogen-bond donors (Lipinski definition) is 0. The molecule has 0 radical (unpaired) electrons. The summed E-state index contributed by atoms with van der Waals surface area (Å²) in [4.78, 5) is 11.9. The van der Waals surface area contributed by atoms with Crippen LogP contribution in [0, 0.1) is 0 Å².